The number of anilines is 1. The van der Waals surface area contributed by atoms with E-state index in [-0.39, 0.29) is 0 Å². The van der Waals surface area contributed by atoms with Crippen molar-refractivity contribution < 1.29 is 0 Å². The first kappa shape index (κ1) is 9.74. The van der Waals surface area contributed by atoms with Crippen LogP contribution in [0.4, 0.5) is 5.82 Å². The lowest BCUT2D eigenvalue weighted by Crippen LogP contribution is -2.57. The van der Waals surface area contributed by atoms with Gasteiger partial charge in [0.05, 0.1) is 11.1 Å². The highest BCUT2D eigenvalue weighted by Gasteiger charge is 2.25. The van der Waals surface area contributed by atoms with Crippen molar-refractivity contribution >= 4 is 17.4 Å². The first-order valence-electron chi connectivity index (χ1n) is 4.90. The zero-order chi connectivity index (χ0) is 9.97. The molecule has 0 radical (unpaired) electrons. The second-order valence-corrected chi connectivity index (χ2v) is 3.81. The number of hydrogen-bond donors (Lipinski definition) is 1. The fourth-order valence-corrected chi connectivity index (χ4v) is 1.89. The van der Waals surface area contributed by atoms with Gasteiger partial charge in [-0.25, -0.2) is 4.98 Å². The molecule has 1 aliphatic rings. The van der Waals surface area contributed by atoms with Gasteiger partial charge in [-0.1, -0.05) is 11.6 Å². The average Bonchev–Trinajstić information content (AvgIpc) is 2.12. The van der Waals surface area contributed by atoms with Gasteiger partial charge in [-0.2, -0.15) is 0 Å². The molecule has 1 aromatic heterocycles. The van der Waals surface area contributed by atoms with Crippen LogP contribution in [0.5, 0.6) is 0 Å². The minimum absolute atomic E-state index is 0.549. The molecule has 0 spiro atoms. The number of nitrogens with zero attached hydrogens (tertiary/aromatic N) is 2. The largest absolute Gasteiger partial charge is 0.350 e. The summed E-state index contributed by atoms with van der Waals surface area (Å²) in [6.07, 6.45) is 1.79. The minimum Gasteiger partial charge on any atom is -0.350 e. The standard InChI is InChI=1S/C10H14ClN3/c1-2-14(8-6-12-7-8)10-9(11)4-3-5-13-10/h3-5,8,12H,2,6-7H2,1H3. The summed E-state index contributed by atoms with van der Waals surface area (Å²) in [4.78, 5) is 6.57. The van der Waals surface area contributed by atoms with E-state index in [9.17, 15) is 0 Å². The zero-order valence-corrected chi connectivity index (χ0v) is 8.96. The Hall–Kier alpha value is -0.800. The highest BCUT2D eigenvalue weighted by molar-refractivity contribution is 6.32. The number of likely N-dealkylation sites (N-methyl/N-ethyl adjacent to an activating group) is 1. The van der Waals surface area contributed by atoms with Crippen LogP contribution < -0.4 is 10.2 Å². The van der Waals surface area contributed by atoms with Crippen LogP contribution in [-0.2, 0) is 0 Å². The predicted molar refractivity (Wildman–Crippen MR) is 58.9 cm³/mol. The van der Waals surface area contributed by atoms with E-state index in [1.807, 2.05) is 12.1 Å². The first-order valence-corrected chi connectivity index (χ1v) is 5.28. The highest BCUT2D eigenvalue weighted by atomic mass is 35.5. The van der Waals surface area contributed by atoms with Crippen LogP contribution >= 0.6 is 11.6 Å². The van der Waals surface area contributed by atoms with Gasteiger partial charge in [-0.3, -0.25) is 0 Å². The summed E-state index contributed by atoms with van der Waals surface area (Å²) in [5, 5.41) is 3.99. The van der Waals surface area contributed by atoms with Gasteiger partial charge < -0.3 is 10.2 Å². The zero-order valence-electron chi connectivity index (χ0n) is 8.20. The van der Waals surface area contributed by atoms with Crippen LogP contribution in [0, 0.1) is 0 Å². The third-order valence-electron chi connectivity index (χ3n) is 2.55. The summed E-state index contributed by atoms with van der Waals surface area (Å²) in [6.45, 7) is 5.13. The molecule has 1 N–H and O–H groups in total. The lowest BCUT2D eigenvalue weighted by Gasteiger charge is -2.38. The lowest BCUT2D eigenvalue weighted by molar-refractivity contribution is 0.415. The molecule has 0 aromatic carbocycles. The van der Waals surface area contributed by atoms with Crippen LogP contribution in [0.1, 0.15) is 6.92 Å². The monoisotopic (exact) mass is 211 g/mol. The molecule has 0 unspecified atom stereocenters. The summed E-state index contributed by atoms with van der Waals surface area (Å²) >= 11 is 6.10. The molecular formula is C10H14ClN3. The van der Waals surface area contributed by atoms with Crippen LogP contribution in [0.2, 0.25) is 5.02 Å². The molecule has 3 nitrogen and oxygen atoms in total. The first-order chi connectivity index (χ1) is 6.83. The number of hydrogen-bond acceptors (Lipinski definition) is 3. The maximum atomic E-state index is 6.10. The third kappa shape index (κ3) is 1.70. The van der Waals surface area contributed by atoms with E-state index < -0.39 is 0 Å². The SMILES string of the molecule is CCN(c1ncccc1Cl)C1CNC1. The second-order valence-electron chi connectivity index (χ2n) is 3.41. The maximum absolute atomic E-state index is 6.10. The van der Waals surface area contributed by atoms with Gasteiger partial charge in [-0.05, 0) is 19.1 Å². The summed E-state index contributed by atoms with van der Waals surface area (Å²) in [6, 6.07) is 4.30. The molecule has 1 saturated heterocycles. The third-order valence-corrected chi connectivity index (χ3v) is 2.85. The fourth-order valence-electron chi connectivity index (χ4n) is 1.66. The Labute approximate surface area is 89.1 Å². The van der Waals surface area contributed by atoms with Crippen molar-refractivity contribution in [3.05, 3.63) is 23.4 Å². The van der Waals surface area contributed by atoms with E-state index in [1.165, 1.54) is 0 Å². The van der Waals surface area contributed by atoms with Crippen molar-refractivity contribution in [1.29, 1.82) is 0 Å². The van der Waals surface area contributed by atoms with Crippen molar-refractivity contribution in [3.63, 3.8) is 0 Å². The highest BCUT2D eigenvalue weighted by Crippen LogP contribution is 2.24. The minimum atomic E-state index is 0.549. The van der Waals surface area contributed by atoms with Crippen molar-refractivity contribution in [3.8, 4) is 0 Å². The summed E-state index contributed by atoms with van der Waals surface area (Å²) in [7, 11) is 0. The summed E-state index contributed by atoms with van der Waals surface area (Å²) < 4.78 is 0. The topological polar surface area (TPSA) is 28.2 Å². The number of nitrogens with one attached hydrogen (secondary N) is 1. The van der Waals surface area contributed by atoms with E-state index >= 15 is 0 Å². The van der Waals surface area contributed by atoms with Crippen LogP contribution in [0.3, 0.4) is 0 Å². The smallest absolute Gasteiger partial charge is 0.147 e. The number of pyridine rings is 1. The molecule has 4 heteroatoms. The quantitative estimate of drug-likeness (QED) is 0.822. The van der Waals surface area contributed by atoms with Crippen molar-refractivity contribution in [2.75, 3.05) is 24.5 Å². The van der Waals surface area contributed by atoms with Gasteiger partial charge in [0.15, 0.2) is 0 Å². The van der Waals surface area contributed by atoms with Crippen molar-refractivity contribution in [2.45, 2.75) is 13.0 Å². The molecule has 0 aliphatic carbocycles. The predicted octanol–water partition coefficient (Wildman–Crippen LogP) is 1.53. The summed E-state index contributed by atoms with van der Waals surface area (Å²) in [5.74, 6) is 0.906. The van der Waals surface area contributed by atoms with Crippen molar-refractivity contribution in [2.24, 2.45) is 0 Å². The maximum Gasteiger partial charge on any atom is 0.147 e. The van der Waals surface area contributed by atoms with E-state index in [0.29, 0.717) is 6.04 Å². The molecule has 2 rings (SSSR count). The molecule has 1 fully saturated rings. The Morgan fingerprint density at radius 2 is 2.43 bits per heavy atom. The Morgan fingerprint density at radius 1 is 1.64 bits per heavy atom. The van der Waals surface area contributed by atoms with Gasteiger partial charge >= 0.3 is 0 Å². The molecule has 14 heavy (non-hydrogen) atoms. The second kappa shape index (κ2) is 4.15. The molecular weight excluding hydrogens is 198 g/mol. The van der Waals surface area contributed by atoms with Gasteiger partial charge in [0.25, 0.3) is 0 Å². The van der Waals surface area contributed by atoms with Gasteiger partial charge in [-0.15, -0.1) is 0 Å². The van der Waals surface area contributed by atoms with Crippen LogP contribution in [-0.4, -0.2) is 30.7 Å². The molecule has 0 saturated carbocycles. The van der Waals surface area contributed by atoms with Crippen LogP contribution in [0.15, 0.2) is 18.3 Å². The van der Waals surface area contributed by atoms with Gasteiger partial charge in [0.1, 0.15) is 5.82 Å². The number of halogens is 1. The Bertz CT molecular complexity index is 312. The van der Waals surface area contributed by atoms with E-state index in [4.69, 9.17) is 11.6 Å². The Balaban J connectivity index is 2.22. The molecule has 0 amide bonds. The molecule has 0 bridgehead atoms. The average molecular weight is 212 g/mol. The van der Waals surface area contributed by atoms with Gasteiger partial charge in [0, 0.05) is 25.8 Å². The van der Waals surface area contributed by atoms with Crippen LogP contribution in [0.25, 0.3) is 0 Å². The molecule has 76 valence electrons. The fraction of sp³-hybridized carbons (Fsp3) is 0.500. The summed E-state index contributed by atoms with van der Waals surface area (Å²) in [5.41, 5.74) is 0. The van der Waals surface area contributed by atoms with E-state index in [2.05, 4.69) is 22.1 Å². The number of rotatable bonds is 3. The van der Waals surface area contributed by atoms with Crippen molar-refractivity contribution in [1.82, 2.24) is 10.3 Å². The normalized spacial score (nSPS) is 16.4. The Kier molecular flexibility index (Phi) is 2.89. The molecule has 1 aromatic rings. The van der Waals surface area contributed by atoms with Gasteiger partial charge in [0.2, 0.25) is 0 Å². The molecule has 1 aliphatic heterocycles. The molecule has 0 atom stereocenters. The Morgan fingerprint density at radius 3 is 2.93 bits per heavy atom. The molecule has 2 heterocycles. The lowest BCUT2D eigenvalue weighted by atomic mass is 10.1. The van der Waals surface area contributed by atoms with E-state index in [1.54, 1.807) is 6.20 Å². The van der Waals surface area contributed by atoms with E-state index in [0.717, 1.165) is 30.5 Å². The number of aromatic nitrogens is 1.